The average molecular weight is 284 g/mol. The molecular formula is C13H24N4O3. The van der Waals surface area contributed by atoms with Crippen LogP contribution in [0.1, 0.15) is 12.7 Å². The minimum Gasteiger partial charge on any atom is -0.383 e. The monoisotopic (exact) mass is 284 g/mol. The zero-order valence-corrected chi connectivity index (χ0v) is 12.4. The van der Waals surface area contributed by atoms with Crippen molar-refractivity contribution in [3.63, 3.8) is 0 Å². The molecule has 1 amide bonds. The number of imidazole rings is 1. The quantitative estimate of drug-likeness (QED) is 0.580. The van der Waals surface area contributed by atoms with Gasteiger partial charge >= 0.3 is 0 Å². The molecular weight excluding hydrogens is 260 g/mol. The number of aromatic nitrogens is 2. The van der Waals surface area contributed by atoms with Crippen LogP contribution in [-0.2, 0) is 27.4 Å². The van der Waals surface area contributed by atoms with Crippen molar-refractivity contribution < 1.29 is 14.3 Å². The van der Waals surface area contributed by atoms with Crippen LogP contribution in [0.3, 0.4) is 0 Å². The first-order valence-electron chi connectivity index (χ1n) is 6.65. The first-order valence-corrected chi connectivity index (χ1v) is 6.65. The first-order chi connectivity index (χ1) is 9.67. The molecule has 1 unspecified atom stereocenters. The smallest absolute Gasteiger partial charge is 0.240 e. The fourth-order valence-electron chi connectivity index (χ4n) is 1.79. The predicted octanol–water partition coefficient (Wildman–Crippen LogP) is -0.230. The minimum atomic E-state index is -0.0503. The van der Waals surface area contributed by atoms with E-state index in [2.05, 4.69) is 15.6 Å². The average Bonchev–Trinajstić information content (AvgIpc) is 2.82. The molecule has 0 spiro atoms. The molecule has 7 nitrogen and oxygen atoms in total. The van der Waals surface area contributed by atoms with Crippen LogP contribution in [-0.4, -0.2) is 55.5 Å². The van der Waals surface area contributed by atoms with E-state index in [0.29, 0.717) is 19.8 Å². The molecule has 0 aliphatic rings. The van der Waals surface area contributed by atoms with Crippen LogP contribution in [0.4, 0.5) is 0 Å². The Morgan fingerprint density at radius 2 is 2.25 bits per heavy atom. The number of methoxy groups -OCH3 is 2. The maximum Gasteiger partial charge on any atom is 0.240 e. The molecule has 0 aromatic carbocycles. The summed E-state index contributed by atoms with van der Waals surface area (Å²) in [6.45, 7) is 4.67. The molecule has 1 aromatic heterocycles. The summed E-state index contributed by atoms with van der Waals surface area (Å²) in [5.41, 5.74) is 0. The third-order valence-electron chi connectivity index (χ3n) is 2.71. The van der Waals surface area contributed by atoms with Crippen LogP contribution < -0.4 is 10.6 Å². The maximum absolute atomic E-state index is 11.9. The molecule has 0 radical (unpaired) electrons. The summed E-state index contributed by atoms with van der Waals surface area (Å²) < 4.78 is 11.8. The lowest BCUT2D eigenvalue weighted by Crippen LogP contribution is -2.38. The number of ether oxygens (including phenoxy) is 2. The van der Waals surface area contributed by atoms with Gasteiger partial charge in [0.15, 0.2) is 0 Å². The predicted molar refractivity (Wildman–Crippen MR) is 75.3 cm³/mol. The van der Waals surface area contributed by atoms with Crippen molar-refractivity contribution in [3.8, 4) is 0 Å². The standard InChI is InChI=1S/C13H24N4O3/c1-11(10-20-3)16-13(18)9-17-6-4-15-12(17)8-14-5-7-19-2/h4,6,11,14H,5,7-10H2,1-3H3,(H,16,18). The van der Waals surface area contributed by atoms with E-state index in [1.807, 2.05) is 11.5 Å². The summed E-state index contributed by atoms with van der Waals surface area (Å²) in [5, 5.41) is 6.07. The van der Waals surface area contributed by atoms with Gasteiger partial charge in [0.1, 0.15) is 12.4 Å². The van der Waals surface area contributed by atoms with Crippen LogP contribution in [0.5, 0.6) is 0 Å². The van der Waals surface area contributed by atoms with Crippen molar-refractivity contribution in [1.29, 1.82) is 0 Å². The summed E-state index contributed by atoms with van der Waals surface area (Å²) in [7, 11) is 3.27. The summed E-state index contributed by atoms with van der Waals surface area (Å²) in [4.78, 5) is 16.1. The van der Waals surface area contributed by atoms with E-state index in [1.165, 1.54) is 0 Å². The fraction of sp³-hybridized carbons (Fsp3) is 0.692. The minimum absolute atomic E-state index is 0.000649. The lowest BCUT2D eigenvalue weighted by Gasteiger charge is -2.14. The van der Waals surface area contributed by atoms with E-state index in [0.717, 1.165) is 12.4 Å². The molecule has 114 valence electrons. The van der Waals surface area contributed by atoms with E-state index in [9.17, 15) is 4.79 Å². The van der Waals surface area contributed by atoms with Crippen LogP contribution in [0.2, 0.25) is 0 Å². The Morgan fingerprint density at radius 1 is 1.45 bits per heavy atom. The molecule has 7 heteroatoms. The Morgan fingerprint density at radius 3 is 2.95 bits per heavy atom. The summed E-state index contributed by atoms with van der Waals surface area (Å²) in [6, 6.07) is -0.000649. The van der Waals surface area contributed by atoms with Crippen LogP contribution >= 0.6 is 0 Å². The zero-order chi connectivity index (χ0) is 14.8. The van der Waals surface area contributed by atoms with Crippen molar-refractivity contribution in [2.75, 3.05) is 34.0 Å². The van der Waals surface area contributed by atoms with E-state index in [4.69, 9.17) is 9.47 Å². The van der Waals surface area contributed by atoms with Crippen molar-refractivity contribution in [2.24, 2.45) is 0 Å². The SMILES string of the molecule is COCCNCc1nccn1CC(=O)NC(C)COC. The summed E-state index contributed by atoms with van der Waals surface area (Å²) >= 11 is 0. The highest BCUT2D eigenvalue weighted by Gasteiger charge is 2.10. The Bertz CT molecular complexity index is 395. The number of hydrogen-bond donors (Lipinski definition) is 2. The van der Waals surface area contributed by atoms with Gasteiger partial charge in [-0.2, -0.15) is 0 Å². The lowest BCUT2D eigenvalue weighted by molar-refractivity contribution is -0.122. The molecule has 0 fully saturated rings. The number of nitrogens with one attached hydrogen (secondary N) is 2. The second kappa shape index (κ2) is 9.46. The van der Waals surface area contributed by atoms with Crippen molar-refractivity contribution in [3.05, 3.63) is 18.2 Å². The second-order valence-electron chi connectivity index (χ2n) is 4.56. The molecule has 0 bridgehead atoms. The van der Waals surface area contributed by atoms with E-state index < -0.39 is 0 Å². The van der Waals surface area contributed by atoms with Gasteiger partial charge in [-0.25, -0.2) is 4.98 Å². The van der Waals surface area contributed by atoms with Crippen LogP contribution in [0, 0.1) is 0 Å². The Hall–Kier alpha value is -1.44. The topological polar surface area (TPSA) is 77.4 Å². The lowest BCUT2D eigenvalue weighted by atomic mass is 10.3. The molecule has 2 N–H and O–H groups in total. The number of amides is 1. The van der Waals surface area contributed by atoms with Gasteiger partial charge in [0, 0.05) is 39.2 Å². The third-order valence-corrected chi connectivity index (χ3v) is 2.71. The van der Waals surface area contributed by atoms with Gasteiger partial charge in [0.25, 0.3) is 0 Å². The fourth-order valence-corrected chi connectivity index (χ4v) is 1.79. The maximum atomic E-state index is 11.9. The van der Waals surface area contributed by atoms with Gasteiger partial charge < -0.3 is 24.7 Å². The molecule has 20 heavy (non-hydrogen) atoms. The summed E-state index contributed by atoms with van der Waals surface area (Å²) in [5.74, 6) is 0.779. The largest absolute Gasteiger partial charge is 0.383 e. The number of rotatable bonds is 10. The Balaban J connectivity index is 2.39. The zero-order valence-electron chi connectivity index (χ0n) is 12.4. The van der Waals surface area contributed by atoms with Crippen LogP contribution in [0.25, 0.3) is 0 Å². The normalized spacial score (nSPS) is 12.3. The number of nitrogens with zero attached hydrogens (tertiary/aromatic N) is 2. The Labute approximate surface area is 119 Å². The van der Waals surface area contributed by atoms with E-state index in [1.54, 1.807) is 26.6 Å². The van der Waals surface area contributed by atoms with Gasteiger partial charge in [0.2, 0.25) is 5.91 Å². The van der Waals surface area contributed by atoms with Crippen molar-refractivity contribution in [2.45, 2.75) is 26.1 Å². The van der Waals surface area contributed by atoms with Gasteiger partial charge in [0.05, 0.1) is 19.8 Å². The van der Waals surface area contributed by atoms with Crippen molar-refractivity contribution in [1.82, 2.24) is 20.2 Å². The highest BCUT2D eigenvalue weighted by Crippen LogP contribution is 1.97. The van der Waals surface area contributed by atoms with Gasteiger partial charge in [-0.1, -0.05) is 0 Å². The summed E-state index contributed by atoms with van der Waals surface area (Å²) in [6.07, 6.45) is 3.49. The van der Waals surface area contributed by atoms with Gasteiger partial charge in [-0.15, -0.1) is 0 Å². The number of carbonyl (C=O) groups excluding carboxylic acids is 1. The highest BCUT2D eigenvalue weighted by molar-refractivity contribution is 5.76. The van der Waals surface area contributed by atoms with Gasteiger partial charge in [-0.05, 0) is 6.92 Å². The molecule has 1 rings (SSSR count). The molecule has 0 saturated carbocycles. The highest BCUT2D eigenvalue weighted by atomic mass is 16.5. The van der Waals surface area contributed by atoms with E-state index in [-0.39, 0.29) is 18.5 Å². The van der Waals surface area contributed by atoms with Crippen molar-refractivity contribution >= 4 is 5.91 Å². The molecule has 1 heterocycles. The first kappa shape index (κ1) is 16.6. The third kappa shape index (κ3) is 6.14. The van der Waals surface area contributed by atoms with Crippen LogP contribution in [0.15, 0.2) is 12.4 Å². The second-order valence-corrected chi connectivity index (χ2v) is 4.56. The van der Waals surface area contributed by atoms with Gasteiger partial charge in [-0.3, -0.25) is 4.79 Å². The molecule has 0 aliphatic heterocycles. The Kier molecular flexibility index (Phi) is 7.86. The van der Waals surface area contributed by atoms with E-state index >= 15 is 0 Å². The molecule has 1 aromatic rings. The number of hydrogen-bond acceptors (Lipinski definition) is 5. The molecule has 1 atom stereocenters. The number of carbonyl (C=O) groups is 1. The molecule has 0 aliphatic carbocycles. The molecule has 0 saturated heterocycles.